The molecule has 0 spiro atoms. The number of carbonyl (C=O) groups excluding carboxylic acids is 1. The van der Waals surface area contributed by atoms with Gasteiger partial charge in [-0.25, -0.2) is 0 Å². The molecule has 1 aliphatic carbocycles. The van der Waals surface area contributed by atoms with Crippen molar-refractivity contribution in [3.8, 4) is 11.5 Å². The van der Waals surface area contributed by atoms with E-state index in [-0.39, 0.29) is 5.91 Å². The fourth-order valence-corrected chi connectivity index (χ4v) is 2.80. The maximum atomic E-state index is 12.5. The highest BCUT2D eigenvalue weighted by atomic mass is 35.5. The summed E-state index contributed by atoms with van der Waals surface area (Å²) in [7, 11) is 2.94. The van der Waals surface area contributed by atoms with Crippen LogP contribution in [-0.4, -0.2) is 31.2 Å². The van der Waals surface area contributed by atoms with Gasteiger partial charge in [-0.15, -0.1) is 0 Å². The third-order valence-electron chi connectivity index (χ3n) is 3.82. The first-order valence-electron chi connectivity index (χ1n) is 7.08. The Balaban J connectivity index is 2.24. The summed E-state index contributed by atoms with van der Waals surface area (Å²) in [5.74, 6) is -1.92. The van der Waals surface area contributed by atoms with Crippen LogP contribution in [0.1, 0.15) is 12.8 Å². The number of anilines is 1. The van der Waals surface area contributed by atoms with E-state index in [9.17, 15) is 14.7 Å². The van der Waals surface area contributed by atoms with Crippen LogP contribution in [0.4, 0.5) is 5.69 Å². The second-order valence-corrected chi connectivity index (χ2v) is 5.58. The van der Waals surface area contributed by atoms with Gasteiger partial charge in [0.25, 0.3) is 0 Å². The molecule has 0 aliphatic heterocycles. The monoisotopic (exact) mass is 339 g/mol. The fraction of sp³-hybridized carbons (Fsp3) is 0.375. The van der Waals surface area contributed by atoms with Crippen LogP contribution in [0.5, 0.6) is 11.5 Å². The molecule has 2 rings (SSSR count). The zero-order chi connectivity index (χ0) is 17.0. The summed E-state index contributed by atoms with van der Waals surface area (Å²) in [6.07, 6.45) is 4.33. The lowest BCUT2D eigenvalue weighted by Gasteiger charge is -2.24. The normalized spacial score (nSPS) is 20.0. The number of benzene rings is 1. The van der Waals surface area contributed by atoms with E-state index in [1.807, 2.05) is 6.08 Å². The fourth-order valence-electron chi connectivity index (χ4n) is 2.56. The number of ether oxygens (including phenoxy) is 2. The molecule has 0 heterocycles. The molecule has 0 radical (unpaired) electrons. The standard InChI is InChI=1S/C16H18ClNO5/c1-22-13-8-14(23-2)12(7-11(13)17)18-15(19)9-5-3-4-6-10(9)16(20)21/h3-4,7-10H,5-6H2,1-2H3,(H,18,19)(H,20,21)/t9-,10+/m1/s1. The van der Waals surface area contributed by atoms with Crippen LogP contribution >= 0.6 is 11.6 Å². The lowest BCUT2D eigenvalue weighted by Crippen LogP contribution is -2.34. The third kappa shape index (κ3) is 3.76. The number of halogens is 1. The number of carboxylic acid groups (broad SMARTS) is 1. The van der Waals surface area contributed by atoms with Gasteiger partial charge in [0.2, 0.25) is 5.91 Å². The van der Waals surface area contributed by atoms with E-state index in [4.69, 9.17) is 21.1 Å². The molecule has 0 bridgehead atoms. The van der Waals surface area contributed by atoms with Crippen molar-refractivity contribution in [1.82, 2.24) is 0 Å². The van der Waals surface area contributed by atoms with Crippen LogP contribution in [0.2, 0.25) is 5.02 Å². The molecule has 0 saturated heterocycles. The summed E-state index contributed by atoms with van der Waals surface area (Å²) in [6.45, 7) is 0. The van der Waals surface area contributed by atoms with Crippen molar-refractivity contribution in [2.75, 3.05) is 19.5 Å². The first kappa shape index (κ1) is 17.1. The molecule has 2 N–H and O–H groups in total. The SMILES string of the molecule is COc1cc(OC)c(NC(=O)[C@@H]2CC=CC[C@@H]2C(=O)O)cc1Cl. The molecule has 0 aromatic heterocycles. The lowest BCUT2D eigenvalue weighted by molar-refractivity contribution is -0.146. The van der Waals surface area contributed by atoms with Gasteiger partial charge in [0, 0.05) is 6.07 Å². The van der Waals surface area contributed by atoms with Crippen molar-refractivity contribution >= 4 is 29.2 Å². The van der Waals surface area contributed by atoms with Gasteiger partial charge in [-0.2, -0.15) is 0 Å². The van der Waals surface area contributed by atoms with Gasteiger partial charge in [0.05, 0.1) is 36.8 Å². The lowest BCUT2D eigenvalue weighted by atomic mass is 9.82. The average molecular weight is 340 g/mol. The summed E-state index contributed by atoms with van der Waals surface area (Å²) >= 11 is 6.07. The van der Waals surface area contributed by atoms with Gasteiger partial charge in [-0.05, 0) is 18.9 Å². The minimum atomic E-state index is -0.978. The number of hydrogen-bond acceptors (Lipinski definition) is 4. The molecule has 0 fully saturated rings. The van der Waals surface area contributed by atoms with Gasteiger partial charge in [0.1, 0.15) is 11.5 Å². The molecule has 6 nitrogen and oxygen atoms in total. The zero-order valence-corrected chi connectivity index (χ0v) is 13.6. The molecular weight excluding hydrogens is 322 g/mol. The number of nitrogens with one attached hydrogen (secondary N) is 1. The highest BCUT2D eigenvalue weighted by Crippen LogP contribution is 2.37. The van der Waals surface area contributed by atoms with Crippen LogP contribution in [0.25, 0.3) is 0 Å². The van der Waals surface area contributed by atoms with E-state index < -0.39 is 17.8 Å². The predicted molar refractivity (Wildman–Crippen MR) is 86.2 cm³/mol. The van der Waals surface area contributed by atoms with Gasteiger partial charge in [0.15, 0.2) is 0 Å². The minimum Gasteiger partial charge on any atom is -0.495 e. The van der Waals surface area contributed by atoms with Crippen molar-refractivity contribution in [3.05, 3.63) is 29.3 Å². The number of carboxylic acids is 1. The Hall–Kier alpha value is -2.21. The predicted octanol–water partition coefficient (Wildman–Crippen LogP) is 2.96. The highest BCUT2D eigenvalue weighted by molar-refractivity contribution is 6.32. The van der Waals surface area contributed by atoms with Crippen molar-refractivity contribution in [2.24, 2.45) is 11.8 Å². The Kier molecular flexibility index (Phi) is 5.50. The summed E-state index contributed by atoms with van der Waals surface area (Å²) in [6, 6.07) is 3.08. The Labute approximate surface area is 139 Å². The number of methoxy groups -OCH3 is 2. The van der Waals surface area contributed by atoms with Gasteiger partial charge in [-0.3, -0.25) is 9.59 Å². The maximum Gasteiger partial charge on any atom is 0.307 e. The van der Waals surface area contributed by atoms with Gasteiger partial charge < -0.3 is 19.9 Å². The maximum absolute atomic E-state index is 12.5. The van der Waals surface area contributed by atoms with Gasteiger partial charge >= 0.3 is 5.97 Å². The van der Waals surface area contributed by atoms with Crippen LogP contribution in [0.3, 0.4) is 0 Å². The van der Waals surface area contributed by atoms with Crippen LogP contribution < -0.4 is 14.8 Å². The van der Waals surface area contributed by atoms with E-state index >= 15 is 0 Å². The molecule has 1 aliphatic rings. The Bertz CT molecular complexity index is 644. The number of aliphatic carboxylic acids is 1. The van der Waals surface area contributed by atoms with Crippen molar-refractivity contribution < 1.29 is 24.2 Å². The molecule has 0 unspecified atom stereocenters. The van der Waals surface area contributed by atoms with Crippen LogP contribution in [-0.2, 0) is 9.59 Å². The number of hydrogen-bond donors (Lipinski definition) is 2. The number of allylic oxidation sites excluding steroid dienone is 2. The average Bonchev–Trinajstić information content (AvgIpc) is 2.55. The second-order valence-electron chi connectivity index (χ2n) is 5.17. The molecule has 2 atom stereocenters. The van der Waals surface area contributed by atoms with E-state index in [1.165, 1.54) is 20.3 Å². The molecule has 7 heteroatoms. The summed E-state index contributed by atoms with van der Waals surface area (Å²) in [5.41, 5.74) is 0.377. The van der Waals surface area contributed by atoms with Crippen molar-refractivity contribution in [2.45, 2.75) is 12.8 Å². The molecule has 1 aromatic carbocycles. The van der Waals surface area contributed by atoms with E-state index in [0.29, 0.717) is 35.1 Å². The van der Waals surface area contributed by atoms with Crippen molar-refractivity contribution in [1.29, 1.82) is 0 Å². The molecule has 1 aromatic rings. The second kappa shape index (κ2) is 7.37. The van der Waals surface area contributed by atoms with E-state index in [0.717, 1.165) is 0 Å². The molecule has 23 heavy (non-hydrogen) atoms. The largest absolute Gasteiger partial charge is 0.495 e. The van der Waals surface area contributed by atoms with Crippen LogP contribution in [0, 0.1) is 11.8 Å². The summed E-state index contributed by atoms with van der Waals surface area (Å²) < 4.78 is 10.3. The quantitative estimate of drug-likeness (QED) is 0.806. The molecular formula is C16H18ClNO5. The van der Waals surface area contributed by atoms with E-state index in [1.54, 1.807) is 12.1 Å². The summed E-state index contributed by atoms with van der Waals surface area (Å²) in [5, 5.41) is 12.3. The minimum absolute atomic E-state index is 0.321. The Morgan fingerprint density at radius 3 is 2.30 bits per heavy atom. The van der Waals surface area contributed by atoms with Crippen LogP contribution in [0.15, 0.2) is 24.3 Å². The number of amides is 1. The van der Waals surface area contributed by atoms with E-state index in [2.05, 4.69) is 5.32 Å². The number of carbonyl (C=O) groups is 2. The topological polar surface area (TPSA) is 84.9 Å². The summed E-state index contributed by atoms with van der Waals surface area (Å²) in [4.78, 5) is 23.8. The van der Waals surface area contributed by atoms with Crippen molar-refractivity contribution in [3.63, 3.8) is 0 Å². The smallest absolute Gasteiger partial charge is 0.307 e. The van der Waals surface area contributed by atoms with Gasteiger partial charge in [-0.1, -0.05) is 23.8 Å². The molecule has 0 saturated carbocycles. The molecule has 1 amide bonds. The highest BCUT2D eigenvalue weighted by Gasteiger charge is 2.34. The Morgan fingerprint density at radius 1 is 1.13 bits per heavy atom. The first-order valence-corrected chi connectivity index (χ1v) is 7.46. The zero-order valence-electron chi connectivity index (χ0n) is 12.8. The number of rotatable bonds is 5. The Morgan fingerprint density at radius 2 is 1.74 bits per heavy atom. The first-order chi connectivity index (χ1) is 11.0. The molecule has 124 valence electrons. The third-order valence-corrected chi connectivity index (χ3v) is 4.11.